The molecule has 1 fully saturated rings. The molecule has 1 aliphatic heterocycles. The molecule has 1 aliphatic rings. The molecule has 0 saturated carbocycles. The molecular weight excluding hydrogens is 543 g/mol. The number of amides is 4. The number of ether oxygens (including phenoxy) is 3. The van der Waals surface area contributed by atoms with Gasteiger partial charge in [-0.2, -0.15) is 0 Å². The predicted octanol–water partition coefficient (Wildman–Crippen LogP) is 5.30. The van der Waals surface area contributed by atoms with Crippen molar-refractivity contribution in [2.24, 2.45) is 0 Å². The van der Waals surface area contributed by atoms with Crippen LogP contribution in [0.4, 0.5) is 14.9 Å². The lowest BCUT2D eigenvalue weighted by molar-refractivity contribution is -0.122. The number of barbiturate groups is 1. The van der Waals surface area contributed by atoms with Crippen LogP contribution in [0.3, 0.4) is 0 Å². The van der Waals surface area contributed by atoms with Gasteiger partial charge in [-0.25, -0.2) is 18.9 Å². The minimum Gasteiger partial charge on any atom is -0.490 e. The van der Waals surface area contributed by atoms with Gasteiger partial charge in [0.1, 0.15) is 18.0 Å². The van der Waals surface area contributed by atoms with E-state index in [9.17, 15) is 23.6 Å². The van der Waals surface area contributed by atoms with Crippen molar-refractivity contribution in [1.29, 1.82) is 0 Å². The van der Waals surface area contributed by atoms with Gasteiger partial charge in [-0.1, -0.05) is 23.7 Å². The monoisotopic (exact) mass is 566 g/mol. The van der Waals surface area contributed by atoms with Gasteiger partial charge in [0.05, 0.1) is 29.5 Å². The average molecular weight is 567 g/mol. The Kier molecular flexibility index (Phi) is 8.80. The fraction of sp³-hybridized carbons (Fsp3) is 0.172. The van der Waals surface area contributed by atoms with E-state index in [2.05, 4.69) is 5.32 Å². The molecule has 40 heavy (non-hydrogen) atoms. The van der Waals surface area contributed by atoms with Gasteiger partial charge in [-0.3, -0.25) is 14.9 Å². The van der Waals surface area contributed by atoms with E-state index >= 15 is 0 Å². The van der Waals surface area contributed by atoms with Crippen LogP contribution >= 0.6 is 11.6 Å². The molecule has 0 bridgehead atoms. The number of carbonyl (C=O) groups is 4. The van der Waals surface area contributed by atoms with Gasteiger partial charge in [-0.15, -0.1) is 0 Å². The number of anilines is 1. The summed E-state index contributed by atoms with van der Waals surface area (Å²) in [6, 6.07) is 13.5. The standard InChI is InChI=1S/C29H24ClFN2O7/c1-3-38-24-15-18(14-23(30)25(24)40-16-17-5-9-20(31)10-6-17)13-22-26(34)32-29(37)33(27(22)35)21-11-7-19(8-12-21)28(36)39-4-2/h5-15H,3-4,16H2,1-2H3,(H,32,34,37)/b22-13+. The molecule has 0 spiro atoms. The number of nitrogens with zero attached hydrogens (tertiary/aromatic N) is 1. The average Bonchev–Trinajstić information content (AvgIpc) is 2.92. The number of imide groups is 2. The molecule has 4 amide bonds. The molecule has 9 nitrogen and oxygen atoms in total. The molecule has 0 unspecified atom stereocenters. The summed E-state index contributed by atoms with van der Waals surface area (Å²) >= 11 is 6.48. The Balaban J connectivity index is 1.62. The van der Waals surface area contributed by atoms with Crippen molar-refractivity contribution in [3.8, 4) is 11.5 Å². The number of nitrogens with one attached hydrogen (secondary N) is 1. The fourth-order valence-electron chi connectivity index (χ4n) is 3.83. The van der Waals surface area contributed by atoms with Crippen LogP contribution in [0.1, 0.15) is 35.3 Å². The number of halogens is 2. The summed E-state index contributed by atoms with van der Waals surface area (Å²) in [6.45, 7) is 3.99. The van der Waals surface area contributed by atoms with E-state index in [4.69, 9.17) is 25.8 Å². The highest BCUT2D eigenvalue weighted by atomic mass is 35.5. The van der Waals surface area contributed by atoms with Crippen molar-refractivity contribution >= 4 is 47.2 Å². The molecule has 3 aromatic rings. The zero-order valence-corrected chi connectivity index (χ0v) is 22.3. The summed E-state index contributed by atoms with van der Waals surface area (Å²) in [5.74, 6) is -2.19. The summed E-state index contributed by atoms with van der Waals surface area (Å²) in [5.41, 5.74) is 1.10. The quantitative estimate of drug-likeness (QED) is 0.212. The predicted molar refractivity (Wildman–Crippen MR) is 145 cm³/mol. The summed E-state index contributed by atoms with van der Waals surface area (Å²) in [5, 5.41) is 2.29. The third kappa shape index (κ3) is 6.29. The second-order valence-corrected chi connectivity index (χ2v) is 8.81. The van der Waals surface area contributed by atoms with Crippen molar-refractivity contribution in [3.05, 3.63) is 93.8 Å². The maximum atomic E-state index is 13.3. The number of carbonyl (C=O) groups excluding carboxylic acids is 4. The Labute approximate surface area is 234 Å². The molecule has 3 aromatic carbocycles. The molecule has 1 saturated heterocycles. The first-order valence-corrected chi connectivity index (χ1v) is 12.6. The minimum absolute atomic E-state index is 0.0907. The normalized spacial score (nSPS) is 14.2. The first-order chi connectivity index (χ1) is 19.2. The van der Waals surface area contributed by atoms with Crippen LogP contribution in [0, 0.1) is 5.82 Å². The van der Waals surface area contributed by atoms with E-state index in [1.807, 2.05) is 0 Å². The van der Waals surface area contributed by atoms with E-state index in [0.29, 0.717) is 11.1 Å². The Bertz CT molecular complexity index is 1490. The van der Waals surface area contributed by atoms with Gasteiger partial charge in [0.2, 0.25) is 0 Å². The molecule has 1 heterocycles. The van der Waals surface area contributed by atoms with E-state index in [1.165, 1.54) is 54.6 Å². The fourth-order valence-corrected chi connectivity index (χ4v) is 4.10. The van der Waals surface area contributed by atoms with Gasteiger partial charge in [-0.05, 0) is 79.6 Å². The van der Waals surface area contributed by atoms with Gasteiger partial charge < -0.3 is 14.2 Å². The summed E-state index contributed by atoms with van der Waals surface area (Å²) in [6.07, 6.45) is 1.28. The number of rotatable bonds is 9. The molecule has 4 rings (SSSR count). The van der Waals surface area contributed by atoms with Crippen molar-refractivity contribution in [3.63, 3.8) is 0 Å². The van der Waals surface area contributed by atoms with Crippen LogP contribution in [0.2, 0.25) is 5.02 Å². The Morgan fingerprint density at radius 1 is 0.975 bits per heavy atom. The third-order valence-electron chi connectivity index (χ3n) is 5.68. The molecule has 206 valence electrons. The van der Waals surface area contributed by atoms with Crippen LogP contribution in [-0.4, -0.2) is 37.0 Å². The maximum absolute atomic E-state index is 13.3. The molecule has 0 aromatic heterocycles. The van der Waals surface area contributed by atoms with Crippen LogP contribution in [0.15, 0.2) is 66.2 Å². The highest BCUT2D eigenvalue weighted by molar-refractivity contribution is 6.39. The van der Waals surface area contributed by atoms with Crippen LogP contribution in [-0.2, 0) is 20.9 Å². The minimum atomic E-state index is -0.936. The number of hydrogen-bond donors (Lipinski definition) is 1. The largest absolute Gasteiger partial charge is 0.490 e. The van der Waals surface area contributed by atoms with Crippen LogP contribution < -0.4 is 19.7 Å². The molecule has 0 atom stereocenters. The Morgan fingerprint density at radius 2 is 1.68 bits per heavy atom. The van der Waals surface area contributed by atoms with Gasteiger partial charge >= 0.3 is 12.0 Å². The topological polar surface area (TPSA) is 111 Å². The number of esters is 1. The molecule has 1 N–H and O–H groups in total. The first kappa shape index (κ1) is 28.3. The summed E-state index contributed by atoms with van der Waals surface area (Å²) in [7, 11) is 0. The maximum Gasteiger partial charge on any atom is 0.338 e. The first-order valence-electron chi connectivity index (χ1n) is 12.2. The highest BCUT2D eigenvalue weighted by Crippen LogP contribution is 2.38. The lowest BCUT2D eigenvalue weighted by Gasteiger charge is -2.26. The van der Waals surface area contributed by atoms with Crippen LogP contribution in [0.25, 0.3) is 6.08 Å². The lowest BCUT2D eigenvalue weighted by atomic mass is 10.1. The van der Waals surface area contributed by atoms with E-state index in [0.717, 1.165) is 4.90 Å². The molecule has 11 heteroatoms. The molecular formula is C29H24ClFN2O7. The second-order valence-electron chi connectivity index (χ2n) is 8.40. The Morgan fingerprint density at radius 3 is 2.33 bits per heavy atom. The summed E-state index contributed by atoms with van der Waals surface area (Å²) in [4.78, 5) is 51.2. The van der Waals surface area contributed by atoms with Crippen LogP contribution in [0.5, 0.6) is 11.5 Å². The number of benzene rings is 3. The molecule has 0 aliphatic carbocycles. The van der Waals surface area contributed by atoms with Gasteiger partial charge in [0.15, 0.2) is 11.5 Å². The highest BCUT2D eigenvalue weighted by Gasteiger charge is 2.37. The Hall–Kier alpha value is -4.70. The van der Waals surface area contributed by atoms with E-state index in [-0.39, 0.29) is 59.0 Å². The van der Waals surface area contributed by atoms with Crippen molar-refractivity contribution < 1.29 is 37.8 Å². The third-order valence-corrected chi connectivity index (χ3v) is 5.96. The SMILES string of the molecule is CCOC(=O)c1ccc(N2C(=O)NC(=O)/C(=C\c3cc(Cl)c(OCc4ccc(F)cc4)c(OCC)c3)C2=O)cc1. The van der Waals surface area contributed by atoms with E-state index in [1.54, 1.807) is 26.0 Å². The smallest absolute Gasteiger partial charge is 0.338 e. The van der Waals surface area contributed by atoms with Gasteiger partial charge in [0.25, 0.3) is 11.8 Å². The summed E-state index contributed by atoms with van der Waals surface area (Å²) < 4.78 is 29.7. The lowest BCUT2D eigenvalue weighted by Crippen LogP contribution is -2.54. The van der Waals surface area contributed by atoms with Crippen molar-refractivity contribution in [1.82, 2.24) is 5.32 Å². The molecule has 0 radical (unpaired) electrons. The number of urea groups is 1. The zero-order valence-electron chi connectivity index (χ0n) is 21.5. The van der Waals surface area contributed by atoms with Crippen molar-refractivity contribution in [2.75, 3.05) is 18.1 Å². The van der Waals surface area contributed by atoms with Crippen molar-refractivity contribution in [2.45, 2.75) is 20.5 Å². The van der Waals surface area contributed by atoms with E-state index < -0.39 is 23.8 Å². The second kappa shape index (κ2) is 12.4. The zero-order chi connectivity index (χ0) is 28.8. The van der Waals surface area contributed by atoms with Gasteiger partial charge in [0, 0.05) is 0 Å². The number of hydrogen-bond acceptors (Lipinski definition) is 7.